The summed E-state index contributed by atoms with van der Waals surface area (Å²) in [7, 11) is 0. The standard InChI is InChI=1S/C16H23N3O2.C16H21N3O2.C11H13N3O2.C5H8O.2CH4.I3.3HI.V/c2*1-3-5-10(2)17-13-8-9-19-14-11(15(13)20)6-4-7-12(14)18-16(19)21;12-7-4-5-14-9-6(10(7)15)2-1-3-8(9)13-11(14)16;1-3-4-5(2)6;;;1-3-2;;;;/h4,6-7,10,13,15,17,20H,3,5,8-9H2,1-2H3,(H,18,21);3-7,10,13,15,17,20H,8-9H2,1-2H3,(H,18,21);1-3,7,10,15H,4-5,12H2,(H,13,16);3-4H,1-2H3;2*1H4;;3*1H;/q;;;;;;-1;;;;+3/p-3/b;5-3+;;4-3+;;;;;;;/t2*10?,13-,15-;7-,10-;;;;;;;;/m111......../s1. The van der Waals surface area contributed by atoms with Gasteiger partial charge in [-0.05, 0) is 84.6 Å². The number of aromatic amines is 3. The van der Waals surface area contributed by atoms with E-state index in [-0.39, 0.29) is 66.8 Å². The molecule has 0 spiro atoms. The fourth-order valence-corrected chi connectivity index (χ4v) is 9.20. The Morgan fingerprint density at radius 2 is 1.10 bits per heavy atom. The molecular formula is C50H73I6N9O7V-. The summed E-state index contributed by atoms with van der Waals surface area (Å²) in [4.78, 5) is 54.0. The first-order valence-corrected chi connectivity index (χ1v) is 49.3. The van der Waals surface area contributed by atoms with E-state index in [1.165, 1.54) is 13.0 Å². The molecule has 10 N–H and O–H groups in total. The van der Waals surface area contributed by atoms with Gasteiger partial charge in [-0.1, -0.05) is 82.8 Å². The van der Waals surface area contributed by atoms with Gasteiger partial charge in [0.2, 0.25) is 0 Å². The van der Waals surface area contributed by atoms with Gasteiger partial charge >= 0.3 is 132 Å². The second kappa shape index (κ2) is 34.4. The molecule has 408 valence electrons. The van der Waals surface area contributed by atoms with Crippen LogP contribution in [0.15, 0.2) is 93.3 Å². The molecule has 6 aromatic rings. The number of hydrogen-bond donors (Lipinski definition) is 9. The summed E-state index contributed by atoms with van der Waals surface area (Å²) in [6.07, 6.45) is 9.66. The first-order valence-electron chi connectivity index (χ1n) is 23.2. The fraction of sp³-hybridized carbons (Fsp3) is 0.480. The number of aromatic nitrogens is 6. The zero-order valence-corrected chi connectivity index (χ0v) is 54.7. The van der Waals surface area contributed by atoms with Gasteiger partial charge < -0.3 is 46.6 Å². The van der Waals surface area contributed by atoms with Gasteiger partial charge in [0.05, 0.1) is 51.4 Å². The summed E-state index contributed by atoms with van der Waals surface area (Å²) in [6, 6.07) is 17.0. The molecule has 0 fully saturated rings. The Morgan fingerprint density at radius 3 is 1.44 bits per heavy atom. The monoisotopic (exact) mass is 1720 g/mol. The van der Waals surface area contributed by atoms with Crippen LogP contribution in [0.3, 0.4) is 0 Å². The van der Waals surface area contributed by atoms with Crippen molar-refractivity contribution >= 4 is 136 Å². The van der Waals surface area contributed by atoms with Crippen LogP contribution in [0.4, 0.5) is 0 Å². The molecule has 3 aliphatic heterocycles. The quantitative estimate of drug-likeness (QED) is 0.0412. The molecule has 9 rings (SSSR count). The van der Waals surface area contributed by atoms with Gasteiger partial charge in [-0.15, -0.1) is 0 Å². The number of carbonyl (C=O) groups excluding carboxylic acids is 1. The summed E-state index contributed by atoms with van der Waals surface area (Å²) in [5, 5.41) is 38.5. The summed E-state index contributed by atoms with van der Waals surface area (Å²) >= 11 is 12.7. The number of para-hydroxylation sites is 3. The molecule has 73 heavy (non-hydrogen) atoms. The number of aliphatic hydroxyl groups is 3. The number of aryl methyl sites for hydroxylation is 3. The number of nitrogens with two attached hydrogens (primary N) is 1. The molecule has 16 nitrogen and oxygen atoms in total. The Labute approximate surface area is 496 Å². The van der Waals surface area contributed by atoms with Crippen LogP contribution in [0, 0.1) is 0 Å². The van der Waals surface area contributed by atoms with Crippen molar-refractivity contribution in [2.24, 2.45) is 5.73 Å². The normalized spacial score (nSPS) is 20.4. The van der Waals surface area contributed by atoms with Crippen molar-refractivity contribution in [3.63, 3.8) is 0 Å². The van der Waals surface area contributed by atoms with Gasteiger partial charge in [0, 0.05) is 66.5 Å². The Morgan fingerprint density at radius 1 is 0.726 bits per heavy atom. The van der Waals surface area contributed by atoms with Crippen molar-refractivity contribution in [3.05, 3.63) is 127 Å². The minimum absolute atomic E-state index is 0. The number of hydrogen-bond acceptors (Lipinski definition) is 10. The predicted octanol–water partition coefficient (Wildman–Crippen LogP) is 7.55. The van der Waals surface area contributed by atoms with Gasteiger partial charge in [0.15, 0.2) is 5.78 Å². The van der Waals surface area contributed by atoms with E-state index >= 15 is 0 Å². The third-order valence-corrected chi connectivity index (χ3v) is 12.2. The second-order valence-electron chi connectivity index (χ2n) is 17.2. The summed E-state index contributed by atoms with van der Waals surface area (Å²) in [6.45, 7) is 13.5. The van der Waals surface area contributed by atoms with E-state index in [1.807, 2.05) is 74.5 Å². The molecule has 0 aliphatic carbocycles. The van der Waals surface area contributed by atoms with Crippen LogP contribution in [0.2, 0.25) is 0 Å². The van der Waals surface area contributed by atoms with Gasteiger partial charge in [-0.2, -0.15) is 0 Å². The summed E-state index contributed by atoms with van der Waals surface area (Å²) in [5.41, 5.74) is 12.7. The van der Waals surface area contributed by atoms with Crippen LogP contribution >= 0.6 is 97.2 Å². The van der Waals surface area contributed by atoms with E-state index in [0.29, 0.717) is 51.8 Å². The second-order valence-corrected chi connectivity index (χ2v) is 68.9. The van der Waals surface area contributed by atoms with E-state index in [9.17, 15) is 34.5 Å². The molecule has 3 aliphatic rings. The molecule has 0 radical (unpaired) electrons. The minimum atomic E-state index is -0.701. The SMILES string of the molecule is C.C.C/C=C/C(C)=O.C/C=C/C(C)N[C@@H]1CCn2c(=O)[nH]c3cccc(c32)[C@H]1O.CCCC(C)N[C@@H]1CCn2c(=O)[nH]c3cccc(c32)[C@H]1O.I[I-]I.N[C@@H]1CCn2c(=O)[nH]c3cccc(c32)[C@H]1O.[I][V]([I])[I]. The van der Waals surface area contributed by atoms with Gasteiger partial charge in [-0.3, -0.25) is 18.5 Å². The molecule has 2 unspecified atom stereocenters. The van der Waals surface area contributed by atoms with Gasteiger partial charge in [-0.25, -0.2) is 14.4 Å². The molecule has 0 bridgehead atoms. The number of allylic oxidation sites excluding steroid dienone is 3. The van der Waals surface area contributed by atoms with Crippen LogP contribution in [-0.2, 0) is 29.3 Å². The average molecular weight is 1720 g/mol. The number of rotatable bonds is 8. The number of benzene rings is 3. The van der Waals surface area contributed by atoms with E-state index in [0.717, 1.165) is 69.1 Å². The van der Waals surface area contributed by atoms with Crippen molar-refractivity contribution in [2.45, 2.75) is 157 Å². The number of halogens is 6. The van der Waals surface area contributed by atoms with E-state index in [2.05, 4.69) is 150 Å². The number of carbonyl (C=O) groups is 1. The molecule has 3 aromatic carbocycles. The molecule has 0 saturated carbocycles. The first-order chi connectivity index (χ1) is 33.8. The third-order valence-electron chi connectivity index (χ3n) is 12.2. The average Bonchev–Trinajstić information content (AvgIpc) is 3.84. The zero-order chi connectivity index (χ0) is 52.5. The van der Waals surface area contributed by atoms with E-state index < -0.39 is 18.3 Å². The van der Waals surface area contributed by atoms with Crippen molar-refractivity contribution < 1.29 is 38.3 Å². The van der Waals surface area contributed by atoms with Crippen molar-refractivity contribution in [1.29, 1.82) is 0 Å². The molecule has 0 saturated heterocycles. The summed E-state index contributed by atoms with van der Waals surface area (Å²) < 4.78 is 5.14. The maximum absolute atomic E-state index is 12.1. The van der Waals surface area contributed by atoms with E-state index in [1.54, 1.807) is 19.8 Å². The van der Waals surface area contributed by atoms with Crippen molar-refractivity contribution in [1.82, 2.24) is 39.3 Å². The third kappa shape index (κ3) is 19.3. The number of imidazole rings is 3. The van der Waals surface area contributed by atoms with Crippen LogP contribution in [0.5, 0.6) is 0 Å². The Bertz CT molecular complexity index is 2880. The Hall–Kier alpha value is -0.656. The van der Waals surface area contributed by atoms with Crippen LogP contribution in [0.1, 0.15) is 124 Å². The Kier molecular flexibility index (Phi) is 32.2. The van der Waals surface area contributed by atoms with Crippen LogP contribution in [0.25, 0.3) is 33.1 Å². The van der Waals surface area contributed by atoms with Crippen LogP contribution in [-0.4, -0.2) is 80.0 Å². The maximum atomic E-state index is 12.1. The van der Waals surface area contributed by atoms with Crippen LogP contribution < -0.4 is 46.7 Å². The van der Waals surface area contributed by atoms with E-state index in [4.69, 9.17) is 5.73 Å². The molecule has 8 atom stereocenters. The molecular weight excluding hydrogens is 1650 g/mol. The molecule has 0 amide bonds. The van der Waals surface area contributed by atoms with Crippen molar-refractivity contribution in [2.75, 3.05) is 0 Å². The summed E-state index contributed by atoms with van der Waals surface area (Å²) in [5.74, 6) is 0.109. The Balaban J connectivity index is 0.000000332. The number of ketones is 1. The zero-order valence-electron chi connectivity index (χ0n) is 40.4. The fourth-order valence-electron chi connectivity index (χ4n) is 9.20. The van der Waals surface area contributed by atoms with Gasteiger partial charge in [0.1, 0.15) is 0 Å². The number of nitrogens with zero attached hydrogens (tertiary/aromatic N) is 3. The molecule has 23 heteroatoms. The molecule has 3 aromatic heterocycles. The molecule has 6 heterocycles. The number of H-pyrrole nitrogens is 3. The number of aliphatic hydroxyl groups excluding tert-OH is 3. The predicted molar refractivity (Wildman–Crippen MR) is 336 cm³/mol. The van der Waals surface area contributed by atoms with Gasteiger partial charge in [0.25, 0.3) is 0 Å². The first kappa shape index (κ1) is 68.5. The topological polar surface area (TPSA) is 241 Å². The van der Waals surface area contributed by atoms with Crippen molar-refractivity contribution in [3.8, 4) is 0 Å². The number of nitrogens with one attached hydrogen (secondary N) is 5.